The van der Waals surface area contributed by atoms with Crippen molar-refractivity contribution in [2.75, 3.05) is 13.1 Å². The molecule has 0 heterocycles. The number of aliphatic hydroxyl groups is 1. The summed E-state index contributed by atoms with van der Waals surface area (Å²) in [6.45, 7) is 4.96. The summed E-state index contributed by atoms with van der Waals surface area (Å²) in [5, 5.41) is 11.9. The average molecular weight is 216 g/mol. The quantitative estimate of drug-likeness (QED) is 0.521. The van der Waals surface area contributed by atoms with Crippen molar-refractivity contribution < 1.29 is 9.90 Å². The maximum Gasteiger partial charge on any atom is 0.222 e. The molecular formula is C11H24N2O2. The van der Waals surface area contributed by atoms with Crippen molar-refractivity contribution in [3.8, 4) is 0 Å². The van der Waals surface area contributed by atoms with Crippen molar-refractivity contribution >= 4 is 5.91 Å². The maximum atomic E-state index is 11.5. The Morgan fingerprint density at radius 3 is 2.53 bits per heavy atom. The number of amides is 1. The van der Waals surface area contributed by atoms with Crippen LogP contribution >= 0.6 is 0 Å². The molecule has 4 N–H and O–H groups in total. The van der Waals surface area contributed by atoms with Crippen LogP contribution < -0.4 is 11.1 Å². The van der Waals surface area contributed by atoms with Crippen molar-refractivity contribution in [2.24, 2.45) is 11.7 Å². The molecule has 0 saturated carbocycles. The van der Waals surface area contributed by atoms with Crippen LogP contribution in [0, 0.1) is 5.92 Å². The SMILES string of the molecule is CC(O)CCCNC(=O)C(C)CCCN. The van der Waals surface area contributed by atoms with Crippen LogP contribution in [0.2, 0.25) is 0 Å². The van der Waals surface area contributed by atoms with E-state index in [0.29, 0.717) is 13.1 Å². The van der Waals surface area contributed by atoms with E-state index in [4.69, 9.17) is 10.8 Å². The highest BCUT2D eigenvalue weighted by atomic mass is 16.3. The average Bonchev–Trinajstić information content (AvgIpc) is 2.20. The smallest absolute Gasteiger partial charge is 0.222 e. The van der Waals surface area contributed by atoms with Gasteiger partial charge in [0.05, 0.1) is 6.10 Å². The number of carbonyl (C=O) groups is 1. The Morgan fingerprint density at radius 1 is 1.33 bits per heavy atom. The predicted octanol–water partition coefficient (Wildman–Crippen LogP) is 0.639. The Labute approximate surface area is 92.2 Å². The van der Waals surface area contributed by atoms with E-state index in [1.807, 2.05) is 6.92 Å². The standard InChI is InChI=1S/C11H24N2O2/c1-9(5-3-7-12)11(15)13-8-4-6-10(2)14/h9-10,14H,3-8,12H2,1-2H3,(H,13,15). The second-order valence-electron chi connectivity index (χ2n) is 4.11. The van der Waals surface area contributed by atoms with Gasteiger partial charge in [0, 0.05) is 12.5 Å². The molecule has 0 aromatic rings. The van der Waals surface area contributed by atoms with Gasteiger partial charge in [-0.15, -0.1) is 0 Å². The predicted molar refractivity (Wildman–Crippen MR) is 61.4 cm³/mol. The van der Waals surface area contributed by atoms with Gasteiger partial charge in [-0.05, 0) is 39.2 Å². The van der Waals surface area contributed by atoms with E-state index in [2.05, 4.69) is 5.32 Å². The number of carbonyl (C=O) groups excluding carboxylic acids is 1. The Hall–Kier alpha value is -0.610. The number of nitrogens with two attached hydrogens (primary N) is 1. The van der Waals surface area contributed by atoms with Gasteiger partial charge in [0.2, 0.25) is 5.91 Å². The molecule has 2 atom stereocenters. The van der Waals surface area contributed by atoms with E-state index in [1.165, 1.54) is 0 Å². The van der Waals surface area contributed by atoms with Crippen molar-refractivity contribution in [3.05, 3.63) is 0 Å². The summed E-state index contributed by atoms with van der Waals surface area (Å²) in [6, 6.07) is 0. The summed E-state index contributed by atoms with van der Waals surface area (Å²) in [5.41, 5.74) is 5.37. The van der Waals surface area contributed by atoms with E-state index in [0.717, 1.165) is 25.7 Å². The van der Waals surface area contributed by atoms with Gasteiger partial charge in [-0.2, -0.15) is 0 Å². The van der Waals surface area contributed by atoms with Crippen molar-refractivity contribution in [1.82, 2.24) is 5.32 Å². The van der Waals surface area contributed by atoms with Crippen molar-refractivity contribution in [3.63, 3.8) is 0 Å². The summed E-state index contributed by atoms with van der Waals surface area (Å²) in [6.07, 6.45) is 3.02. The lowest BCUT2D eigenvalue weighted by Gasteiger charge is -2.11. The third-order valence-corrected chi connectivity index (χ3v) is 2.39. The van der Waals surface area contributed by atoms with E-state index >= 15 is 0 Å². The van der Waals surface area contributed by atoms with E-state index in [1.54, 1.807) is 6.92 Å². The highest BCUT2D eigenvalue weighted by Gasteiger charge is 2.10. The first-order valence-electron chi connectivity index (χ1n) is 5.73. The topological polar surface area (TPSA) is 75.3 Å². The van der Waals surface area contributed by atoms with Gasteiger partial charge in [0.15, 0.2) is 0 Å². The molecule has 0 aliphatic rings. The van der Waals surface area contributed by atoms with Crippen LogP contribution in [-0.2, 0) is 4.79 Å². The molecule has 0 radical (unpaired) electrons. The van der Waals surface area contributed by atoms with Gasteiger partial charge in [0.1, 0.15) is 0 Å². The summed E-state index contributed by atoms with van der Waals surface area (Å²) < 4.78 is 0. The molecule has 0 aliphatic carbocycles. The lowest BCUT2D eigenvalue weighted by Crippen LogP contribution is -2.30. The molecular weight excluding hydrogens is 192 g/mol. The molecule has 1 amide bonds. The molecule has 90 valence electrons. The fourth-order valence-electron chi connectivity index (χ4n) is 1.34. The van der Waals surface area contributed by atoms with Gasteiger partial charge < -0.3 is 16.2 Å². The first-order chi connectivity index (χ1) is 7.07. The molecule has 0 saturated heterocycles. The minimum Gasteiger partial charge on any atom is -0.393 e. The molecule has 0 aromatic carbocycles. The minimum atomic E-state index is -0.281. The Morgan fingerprint density at radius 2 is 2.00 bits per heavy atom. The molecule has 0 bridgehead atoms. The lowest BCUT2D eigenvalue weighted by atomic mass is 10.0. The van der Waals surface area contributed by atoms with Gasteiger partial charge in [0.25, 0.3) is 0 Å². The highest BCUT2D eigenvalue weighted by Crippen LogP contribution is 2.04. The zero-order valence-corrected chi connectivity index (χ0v) is 9.83. The van der Waals surface area contributed by atoms with E-state index in [-0.39, 0.29) is 17.9 Å². The number of hydrogen-bond acceptors (Lipinski definition) is 3. The minimum absolute atomic E-state index is 0.0418. The van der Waals surface area contributed by atoms with Crippen LogP contribution in [0.5, 0.6) is 0 Å². The van der Waals surface area contributed by atoms with Gasteiger partial charge >= 0.3 is 0 Å². The molecule has 2 unspecified atom stereocenters. The van der Waals surface area contributed by atoms with Crippen LogP contribution in [0.15, 0.2) is 0 Å². The largest absolute Gasteiger partial charge is 0.393 e. The molecule has 0 aromatic heterocycles. The summed E-state index contributed by atoms with van der Waals surface area (Å²) in [4.78, 5) is 11.5. The van der Waals surface area contributed by atoms with Crippen LogP contribution in [0.25, 0.3) is 0 Å². The fraction of sp³-hybridized carbons (Fsp3) is 0.909. The lowest BCUT2D eigenvalue weighted by molar-refractivity contribution is -0.124. The summed E-state index contributed by atoms with van der Waals surface area (Å²) in [7, 11) is 0. The monoisotopic (exact) mass is 216 g/mol. The van der Waals surface area contributed by atoms with Gasteiger partial charge in [-0.1, -0.05) is 6.92 Å². The van der Waals surface area contributed by atoms with E-state index < -0.39 is 0 Å². The molecule has 4 nitrogen and oxygen atoms in total. The summed E-state index contributed by atoms with van der Waals surface area (Å²) in [5.74, 6) is 0.133. The second kappa shape index (κ2) is 8.68. The first kappa shape index (κ1) is 14.4. The zero-order valence-electron chi connectivity index (χ0n) is 9.83. The number of hydrogen-bond donors (Lipinski definition) is 3. The van der Waals surface area contributed by atoms with Crippen LogP contribution in [-0.4, -0.2) is 30.2 Å². The number of aliphatic hydroxyl groups excluding tert-OH is 1. The normalized spacial score (nSPS) is 14.7. The molecule has 0 spiro atoms. The summed E-state index contributed by atoms with van der Waals surface area (Å²) >= 11 is 0. The first-order valence-corrected chi connectivity index (χ1v) is 5.73. The molecule has 0 rings (SSSR count). The zero-order chi connectivity index (χ0) is 11.7. The van der Waals surface area contributed by atoms with E-state index in [9.17, 15) is 4.79 Å². The van der Waals surface area contributed by atoms with Crippen LogP contribution in [0.1, 0.15) is 39.5 Å². The van der Waals surface area contributed by atoms with Gasteiger partial charge in [-0.3, -0.25) is 4.79 Å². The second-order valence-corrected chi connectivity index (χ2v) is 4.11. The van der Waals surface area contributed by atoms with Gasteiger partial charge in [-0.25, -0.2) is 0 Å². The Kier molecular flexibility index (Phi) is 8.33. The molecule has 4 heteroatoms. The van der Waals surface area contributed by atoms with Crippen molar-refractivity contribution in [2.45, 2.75) is 45.6 Å². The molecule has 0 fully saturated rings. The maximum absolute atomic E-state index is 11.5. The third-order valence-electron chi connectivity index (χ3n) is 2.39. The number of rotatable bonds is 8. The van der Waals surface area contributed by atoms with Crippen LogP contribution in [0.4, 0.5) is 0 Å². The van der Waals surface area contributed by atoms with Crippen molar-refractivity contribution in [1.29, 1.82) is 0 Å². The third kappa shape index (κ3) is 8.39. The highest BCUT2D eigenvalue weighted by molar-refractivity contribution is 5.78. The Bertz CT molecular complexity index is 172. The molecule has 0 aliphatic heterocycles. The van der Waals surface area contributed by atoms with Crippen LogP contribution in [0.3, 0.4) is 0 Å². The Balaban J connectivity index is 3.47. The molecule has 15 heavy (non-hydrogen) atoms. The fourth-order valence-corrected chi connectivity index (χ4v) is 1.34. The number of nitrogens with one attached hydrogen (secondary N) is 1.